The Morgan fingerprint density at radius 3 is 2.66 bits per heavy atom. The van der Waals surface area contributed by atoms with Gasteiger partial charge in [-0.1, -0.05) is 55.7 Å². The molecule has 2 unspecified atom stereocenters. The van der Waals surface area contributed by atoms with Crippen LogP contribution >= 0.6 is 0 Å². The van der Waals surface area contributed by atoms with Gasteiger partial charge in [0.2, 0.25) is 0 Å². The maximum atomic E-state index is 13.8. The molecule has 38 heavy (non-hydrogen) atoms. The quantitative estimate of drug-likeness (QED) is 0.142. The zero-order valence-corrected chi connectivity index (χ0v) is 22.2. The Balaban J connectivity index is 1.19. The molecule has 2 fully saturated rings. The molecule has 0 amide bonds. The number of likely N-dealkylation sites (N-methyl/N-ethyl adjacent to an activating group) is 1. The number of carbonyl (C=O) groups excluding carboxylic acids is 2. The number of benzene rings is 2. The molecule has 7 nitrogen and oxygen atoms in total. The second-order valence-electron chi connectivity index (χ2n) is 11.0. The van der Waals surface area contributed by atoms with E-state index in [1.165, 1.54) is 11.6 Å². The average molecular weight is 521 g/mol. The molecule has 2 aromatic carbocycles. The van der Waals surface area contributed by atoms with Crippen LogP contribution in [0.15, 0.2) is 65.3 Å². The van der Waals surface area contributed by atoms with Crippen LogP contribution < -0.4 is 4.74 Å². The third-order valence-electron chi connectivity index (χ3n) is 8.36. The number of hydrogen-bond donors (Lipinski definition) is 0. The fraction of sp³-hybridized carbons (Fsp3) is 0.484. The molecule has 202 valence electrons. The summed E-state index contributed by atoms with van der Waals surface area (Å²) in [5.41, 5.74) is -1.52. The molecule has 2 heterocycles. The number of hydrogen-bond acceptors (Lipinski definition) is 6. The first-order chi connectivity index (χ1) is 18.5. The standard InChI is InChI=1S/C31H38NO6/c1-32(18-9-21-35-28-15-7-11-24-10-5-6-14-27(24)28)19-17-26(22-32)38-30(34)31(37-23-33,29-16-8-20-36-29)25-12-3-2-4-13-25/h5-8,10-11,14-16,20,23,25-26H,2-4,9,12-13,17-19,21-22H2,1H3/q+1/t26-,31?,32?/m1/s1. The van der Waals surface area contributed by atoms with Crippen LogP contribution in [-0.4, -0.2) is 56.3 Å². The largest absolute Gasteiger partial charge is 0.493 e. The third-order valence-corrected chi connectivity index (χ3v) is 8.36. The number of esters is 1. The summed E-state index contributed by atoms with van der Waals surface area (Å²) < 4.78 is 24.3. The maximum Gasteiger partial charge on any atom is 0.359 e. The Hall–Kier alpha value is -3.32. The lowest BCUT2D eigenvalue weighted by Gasteiger charge is -2.37. The molecule has 7 heteroatoms. The van der Waals surface area contributed by atoms with Crippen molar-refractivity contribution in [1.29, 1.82) is 0 Å². The molecular weight excluding hydrogens is 482 g/mol. The van der Waals surface area contributed by atoms with E-state index in [9.17, 15) is 9.59 Å². The zero-order chi connectivity index (χ0) is 26.4. The van der Waals surface area contributed by atoms with Gasteiger partial charge in [-0.3, -0.25) is 4.79 Å². The molecule has 2 aliphatic rings. The van der Waals surface area contributed by atoms with Crippen molar-refractivity contribution >= 4 is 23.2 Å². The minimum Gasteiger partial charge on any atom is -0.493 e. The van der Waals surface area contributed by atoms with Crippen molar-refractivity contribution in [3.8, 4) is 5.75 Å². The van der Waals surface area contributed by atoms with Gasteiger partial charge in [0.05, 0.1) is 33.0 Å². The van der Waals surface area contributed by atoms with Crippen LogP contribution in [0.2, 0.25) is 0 Å². The Morgan fingerprint density at radius 2 is 1.87 bits per heavy atom. The number of rotatable bonds is 11. The van der Waals surface area contributed by atoms with Crippen molar-refractivity contribution in [2.75, 3.05) is 33.3 Å². The fourth-order valence-corrected chi connectivity index (χ4v) is 6.36. The summed E-state index contributed by atoms with van der Waals surface area (Å²) >= 11 is 0. The first-order valence-corrected chi connectivity index (χ1v) is 13.8. The van der Waals surface area contributed by atoms with Crippen molar-refractivity contribution in [2.45, 2.75) is 56.7 Å². The Kier molecular flexibility index (Phi) is 8.03. The molecule has 3 aromatic rings. The fourth-order valence-electron chi connectivity index (χ4n) is 6.36. The van der Waals surface area contributed by atoms with Crippen LogP contribution in [0.25, 0.3) is 10.8 Å². The molecule has 0 spiro atoms. The predicted octanol–water partition coefficient (Wildman–Crippen LogP) is 5.61. The molecule has 1 saturated heterocycles. The lowest BCUT2D eigenvalue weighted by Crippen LogP contribution is -2.49. The number of furan rings is 1. The molecule has 1 aromatic heterocycles. The molecule has 0 bridgehead atoms. The number of nitrogens with zero attached hydrogens (tertiary/aromatic N) is 1. The predicted molar refractivity (Wildman–Crippen MR) is 143 cm³/mol. The van der Waals surface area contributed by atoms with Gasteiger partial charge >= 0.3 is 5.97 Å². The third kappa shape index (κ3) is 5.44. The van der Waals surface area contributed by atoms with Gasteiger partial charge in [-0.2, -0.15) is 0 Å². The highest BCUT2D eigenvalue weighted by Gasteiger charge is 2.55. The van der Waals surface area contributed by atoms with Gasteiger partial charge in [-0.25, -0.2) is 4.79 Å². The molecule has 1 aliphatic carbocycles. The molecule has 1 aliphatic heterocycles. The summed E-state index contributed by atoms with van der Waals surface area (Å²) in [6.07, 6.45) is 7.61. The maximum absolute atomic E-state index is 13.8. The van der Waals surface area contributed by atoms with Crippen LogP contribution in [0.1, 0.15) is 50.7 Å². The minimum atomic E-state index is -1.52. The van der Waals surface area contributed by atoms with Crippen LogP contribution in [0, 0.1) is 5.92 Å². The number of ether oxygens (including phenoxy) is 3. The zero-order valence-electron chi connectivity index (χ0n) is 22.2. The van der Waals surface area contributed by atoms with Crippen molar-refractivity contribution in [2.24, 2.45) is 5.92 Å². The Morgan fingerprint density at radius 1 is 1.05 bits per heavy atom. The number of quaternary nitrogens is 1. The van der Waals surface area contributed by atoms with Crippen LogP contribution in [0.4, 0.5) is 0 Å². The molecule has 1 saturated carbocycles. The van der Waals surface area contributed by atoms with E-state index in [2.05, 4.69) is 25.2 Å². The van der Waals surface area contributed by atoms with E-state index in [-0.39, 0.29) is 12.0 Å². The lowest BCUT2D eigenvalue weighted by atomic mass is 9.75. The second-order valence-corrected chi connectivity index (χ2v) is 11.0. The molecule has 3 atom stereocenters. The summed E-state index contributed by atoms with van der Waals surface area (Å²) in [5, 5.41) is 2.30. The van der Waals surface area contributed by atoms with Gasteiger partial charge in [0.15, 0.2) is 11.9 Å². The van der Waals surface area contributed by atoms with Gasteiger partial charge in [0.25, 0.3) is 12.1 Å². The van der Waals surface area contributed by atoms with Crippen molar-refractivity contribution < 1.29 is 32.7 Å². The highest BCUT2D eigenvalue weighted by atomic mass is 16.6. The van der Waals surface area contributed by atoms with E-state index in [0.717, 1.165) is 80.2 Å². The van der Waals surface area contributed by atoms with E-state index < -0.39 is 11.6 Å². The number of carbonyl (C=O) groups is 2. The van der Waals surface area contributed by atoms with E-state index in [1.54, 1.807) is 12.1 Å². The SMILES string of the molecule is C[N+]1(CCCOc2cccc3ccccc23)CC[C@@H](OC(=O)C(OC=O)(c2ccco2)C2CCCCC2)C1. The van der Waals surface area contributed by atoms with Crippen LogP contribution in [0.3, 0.4) is 0 Å². The van der Waals surface area contributed by atoms with E-state index >= 15 is 0 Å². The lowest BCUT2D eigenvalue weighted by molar-refractivity contribution is -0.899. The van der Waals surface area contributed by atoms with E-state index in [0.29, 0.717) is 18.8 Å². The monoisotopic (exact) mass is 520 g/mol. The molecular formula is C31H38NO6+. The Bertz CT molecular complexity index is 1210. The van der Waals surface area contributed by atoms with Gasteiger partial charge < -0.3 is 23.1 Å². The first kappa shape index (κ1) is 26.3. The van der Waals surface area contributed by atoms with Gasteiger partial charge in [-0.05, 0) is 36.4 Å². The van der Waals surface area contributed by atoms with Crippen molar-refractivity contribution in [3.63, 3.8) is 0 Å². The van der Waals surface area contributed by atoms with E-state index in [4.69, 9.17) is 18.6 Å². The second kappa shape index (κ2) is 11.6. The molecule has 0 radical (unpaired) electrons. The van der Waals surface area contributed by atoms with Crippen molar-refractivity contribution in [3.05, 3.63) is 66.6 Å². The highest BCUT2D eigenvalue weighted by molar-refractivity contribution is 5.88. The summed E-state index contributed by atoms with van der Waals surface area (Å²) in [6, 6.07) is 17.8. The Labute approximate surface area is 224 Å². The first-order valence-electron chi connectivity index (χ1n) is 13.8. The van der Waals surface area contributed by atoms with Gasteiger partial charge in [0, 0.05) is 24.1 Å². The average Bonchev–Trinajstić information content (AvgIpc) is 3.61. The molecule has 5 rings (SSSR count). The summed E-state index contributed by atoms with van der Waals surface area (Å²) in [4.78, 5) is 25.4. The summed E-state index contributed by atoms with van der Waals surface area (Å²) in [7, 11) is 2.20. The van der Waals surface area contributed by atoms with Crippen LogP contribution in [0.5, 0.6) is 5.75 Å². The molecule has 0 N–H and O–H groups in total. The topological polar surface area (TPSA) is 75.0 Å². The van der Waals surface area contributed by atoms with Gasteiger partial charge in [0.1, 0.15) is 12.3 Å². The number of likely N-dealkylation sites (tertiary alicyclic amines) is 1. The summed E-state index contributed by atoms with van der Waals surface area (Å²) in [6.45, 7) is 3.56. The normalized spacial score (nSPS) is 23.6. The smallest absolute Gasteiger partial charge is 0.359 e. The van der Waals surface area contributed by atoms with Crippen LogP contribution in [-0.2, 0) is 24.7 Å². The van der Waals surface area contributed by atoms with Gasteiger partial charge in [-0.15, -0.1) is 0 Å². The number of fused-ring (bicyclic) bond motifs is 1. The van der Waals surface area contributed by atoms with E-state index in [1.807, 2.05) is 24.3 Å². The minimum absolute atomic E-state index is 0.159. The highest BCUT2D eigenvalue weighted by Crippen LogP contribution is 2.43. The summed E-state index contributed by atoms with van der Waals surface area (Å²) in [5.74, 6) is 0.589. The van der Waals surface area contributed by atoms with Crippen molar-refractivity contribution in [1.82, 2.24) is 0 Å².